The normalized spacial score (nSPS) is 13.8. The van der Waals surface area contributed by atoms with Crippen LogP contribution < -0.4 is 10.1 Å². The number of hydrogen-bond donors (Lipinski definition) is 1. The number of likely N-dealkylation sites (N-methyl/N-ethyl adjacent to an activating group) is 1. The molecular formula is C16H16Cl2FNO. The molecule has 2 aromatic rings. The van der Waals surface area contributed by atoms with Crippen LogP contribution in [-0.2, 0) is 0 Å². The van der Waals surface area contributed by atoms with Crippen molar-refractivity contribution in [3.63, 3.8) is 0 Å². The van der Waals surface area contributed by atoms with Gasteiger partial charge in [-0.1, -0.05) is 29.3 Å². The van der Waals surface area contributed by atoms with Gasteiger partial charge in [-0.3, -0.25) is 0 Å². The van der Waals surface area contributed by atoms with E-state index in [2.05, 4.69) is 5.32 Å². The molecule has 0 saturated carbocycles. The van der Waals surface area contributed by atoms with Gasteiger partial charge in [0.15, 0.2) is 0 Å². The minimum absolute atomic E-state index is 0.243. The number of nitrogens with one attached hydrogen (secondary N) is 1. The lowest BCUT2D eigenvalue weighted by molar-refractivity contribution is 0.175. The highest BCUT2D eigenvalue weighted by molar-refractivity contribution is 6.31. The topological polar surface area (TPSA) is 21.3 Å². The smallest absolute Gasteiger partial charge is 0.123 e. The molecule has 0 aromatic heterocycles. The summed E-state index contributed by atoms with van der Waals surface area (Å²) < 4.78 is 19.3. The highest BCUT2D eigenvalue weighted by Gasteiger charge is 2.22. The summed E-state index contributed by atoms with van der Waals surface area (Å²) in [6.45, 7) is 1.89. The Kier molecular flexibility index (Phi) is 5.45. The van der Waals surface area contributed by atoms with E-state index >= 15 is 0 Å². The average molecular weight is 328 g/mol. The van der Waals surface area contributed by atoms with E-state index in [9.17, 15) is 4.39 Å². The van der Waals surface area contributed by atoms with Crippen LogP contribution in [-0.4, -0.2) is 13.2 Å². The molecule has 0 aliphatic rings. The molecule has 2 nitrogen and oxygen atoms in total. The summed E-state index contributed by atoms with van der Waals surface area (Å²) in [6, 6.07) is 11.2. The summed E-state index contributed by atoms with van der Waals surface area (Å²) in [5, 5.41) is 4.21. The molecule has 0 amide bonds. The van der Waals surface area contributed by atoms with Crippen molar-refractivity contribution in [2.24, 2.45) is 0 Å². The standard InChI is InChI=1S/C16H16Cl2FNO/c1-10(21-13-5-3-4-11(17)8-13)16(20-2)14-9-12(19)6-7-15(14)18/h3-10,16,20H,1-2H3. The van der Waals surface area contributed by atoms with Crippen molar-refractivity contribution in [2.45, 2.75) is 19.1 Å². The molecule has 5 heteroatoms. The zero-order valence-electron chi connectivity index (χ0n) is 11.7. The van der Waals surface area contributed by atoms with Gasteiger partial charge in [0.1, 0.15) is 17.7 Å². The lowest BCUT2D eigenvalue weighted by Gasteiger charge is -2.26. The van der Waals surface area contributed by atoms with Gasteiger partial charge in [-0.25, -0.2) is 4.39 Å². The highest BCUT2D eigenvalue weighted by atomic mass is 35.5. The molecule has 0 saturated heterocycles. The molecule has 0 spiro atoms. The van der Waals surface area contributed by atoms with E-state index in [-0.39, 0.29) is 18.0 Å². The monoisotopic (exact) mass is 327 g/mol. The summed E-state index contributed by atoms with van der Waals surface area (Å²) in [5.74, 6) is 0.326. The quantitative estimate of drug-likeness (QED) is 0.846. The number of rotatable bonds is 5. The minimum Gasteiger partial charge on any atom is -0.489 e. The first-order chi connectivity index (χ1) is 10.0. The SMILES string of the molecule is CNC(c1cc(F)ccc1Cl)C(C)Oc1cccc(Cl)c1. The molecule has 2 aromatic carbocycles. The Morgan fingerprint density at radius 2 is 1.90 bits per heavy atom. The van der Waals surface area contributed by atoms with E-state index in [0.29, 0.717) is 21.4 Å². The van der Waals surface area contributed by atoms with Gasteiger partial charge in [-0.2, -0.15) is 0 Å². The second-order valence-electron chi connectivity index (χ2n) is 4.71. The fourth-order valence-electron chi connectivity index (χ4n) is 2.22. The lowest BCUT2D eigenvalue weighted by Crippen LogP contribution is -2.31. The Morgan fingerprint density at radius 3 is 2.57 bits per heavy atom. The Hall–Kier alpha value is -1.29. The predicted octanol–water partition coefficient (Wildman–Crippen LogP) is 4.86. The predicted molar refractivity (Wildman–Crippen MR) is 84.8 cm³/mol. The van der Waals surface area contributed by atoms with Gasteiger partial charge < -0.3 is 10.1 Å². The van der Waals surface area contributed by atoms with E-state index in [0.717, 1.165) is 0 Å². The van der Waals surface area contributed by atoms with Crippen LogP contribution in [0.5, 0.6) is 5.75 Å². The second-order valence-corrected chi connectivity index (χ2v) is 5.56. The van der Waals surface area contributed by atoms with E-state index < -0.39 is 0 Å². The summed E-state index contributed by atoms with van der Waals surface area (Å²) >= 11 is 12.1. The number of halogens is 3. The maximum Gasteiger partial charge on any atom is 0.123 e. The van der Waals surface area contributed by atoms with Crippen molar-refractivity contribution in [3.8, 4) is 5.75 Å². The molecule has 1 N–H and O–H groups in total. The van der Waals surface area contributed by atoms with Crippen LogP contribution in [0.1, 0.15) is 18.5 Å². The van der Waals surface area contributed by atoms with Gasteiger partial charge in [0, 0.05) is 10.0 Å². The van der Waals surface area contributed by atoms with Gasteiger partial charge in [0.2, 0.25) is 0 Å². The molecule has 0 radical (unpaired) electrons. The minimum atomic E-state index is -0.329. The Morgan fingerprint density at radius 1 is 1.14 bits per heavy atom. The third kappa shape index (κ3) is 4.10. The van der Waals surface area contributed by atoms with Crippen molar-refractivity contribution < 1.29 is 9.13 Å². The molecule has 0 bridgehead atoms. The van der Waals surface area contributed by atoms with Crippen LogP contribution in [0, 0.1) is 5.82 Å². The van der Waals surface area contributed by atoms with Crippen molar-refractivity contribution in [3.05, 3.63) is 63.9 Å². The molecule has 2 rings (SSSR count). The molecule has 0 heterocycles. The van der Waals surface area contributed by atoms with E-state index in [1.165, 1.54) is 12.1 Å². The first-order valence-electron chi connectivity index (χ1n) is 6.55. The maximum atomic E-state index is 13.4. The Labute approximate surface area is 133 Å². The van der Waals surface area contributed by atoms with Gasteiger partial charge in [0.25, 0.3) is 0 Å². The van der Waals surface area contributed by atoms with Crippen molar-refractivity contribution in [1.29, 1.82) is 0 Å². The van der Waals surface area contributed by atoms with Crippen LogP contribution in [0.2, 0.25) is 10.0 Å². The fourth-order valence-corrected chi connectivity index (χ4v) is 2.63. The zero-order valence-corrected chi connectivity index (χ0v) is 13.3. The number of hydrogen-bond acceptors (Lipinski definition) is 2. The van der Waals surface area contributed by atoms with Crippen molar-refractivity contribution in [1.82, 2.24) is 5.32 Å². The molecule has 112 valence electrons. The van der Waals surface area contributed by atoms with Crippen LogP contribution in [0.15, 0.2) is 42.5 Å². The molecule has 21 heavy (non-hydrogen) atoms. The molecule has 0 aliphatic heterocycles. The first-order valence-corrected chi connectivity index (χ1v) is 7.31. The largest absolute Gasteiger partial charge is 0.489 e. The molecule has 2 atom stereocenters. The van der Waals surface area contributed by atoms with Crippen LogP contribution in [0.25, 0.3) is 0 Å². The van der Waals surface area contributed by atoms with Gasteiger partial charge in [-0.05, 0) is 55.9 Å². The van der Waals surface area contributed by atoms with Gasteiger partial charge in [-0.15, -0.1) is 0 Å². The van der Waals surface area contributed by atoms with Crippen molar-refractivity contribution in [2.75, 3.05) is 7.05 Å². The summed E-state index contributed by atoms with van der Waals surface area (Å²) in [4.78, 5) is 0. The lowest BCUT2D eigenvalue weighted by atomic mass is 10.0. The molecule has 2 unspecified atom stereocenters. The fraction of sp³-hybridized carbons (Fsp3) is 0.250. The first kappa shape index (κ1) is 16.1. The summed E-state index contributed by atoms with van der Waals surface area (Å²) in [5.41, 5.74) is 0.661. The van der Waals surface area contributed by atoms with Crippen molar-refractivity contribution >= 4 is 23.2 Å². The Bertz CT molecular complexity index is 621. The molecule has 0 fully saturated rings. The van der Waals surface area contributed by atoms with E-state index in [1.54, 1.807) is 25.2 Å². The number of ether oxygens (including phenoxy) is 1. The maximum absolute atomic E-state index is 13.4. The zero-order chi connectivity index (χ0) is 15.4. The second kappa shape index (κ2) is 7.12. The van der Waals surface area contributed by atoms with E-state index in [1.807, 2.05) is 19.1 Å². The Balaban J connectivity index is 2.22. The van der Waals surface area contributed by atoms with Crippen LogP contribution in [0.4, 0.5) is 4.39 Å². The van der Waals surface area contributed by atoms with E-state index in [4.69, 9.17) is 27.9 Å². The highest BCUT2D eigenvalue weighted by Crippen LogP contribution is 2.28. The number of benzene rings is 2. The van der Waals surface area contributed by atoms with Crippen LogP contribution >= 0.6 is 23.2 Å². The third-order valence-electron chi connectivity index (χ3n) is 3.19. The molecule has 0 aliphatic carbocycles. The summed E-state index contributed by atoms with van der Waals surface area (Å²) in [7, 11) is 1.78. The van der Waals surface area contributed by atoms with Crippen LogP contribution in [0.3, 0.4) is 0 Å². The molecular weight excluding hydrogens is 312 g/mol. The average Bonchev–Trinajstić information content (AvgIpc) is 2.43. The van der Waals surface area contributed by atoms with Gasteiger partial charge in [0.05, 0.1) is 6.04 Å². The van der Waals surface area contributed by atoms with Gasteiger partial charge >= 0.3 is 0 Å². The summed E-state index contributed by atoms with van der Waals surface area (Å²) in [6.07, 6.45) is -0.257. The third-order valence-corrected chi connectivity index (χ3v) is 3.77.